The molecule has 0 N–H and O–H groups in total. The number of nitrogens with zero attached hydrogens (tertiary/aromatic N) is 1. The summed E-state index contributed by atoms with van der Waals surface area (Å²) < 4.78 is 16.8. The van der Waals surface area contributed by atoms with Crippen LogP contribution in [-0.2, 0) is 11.3 Å². The fourth-order valence-corrected chi connectivity index (χ4v) is 3.78. The van der Waals surface area contributed by atoms with E-state index in [1.807, 2.05) is 43.0 Å². The molecular formula is C23H23NO5. The van der Waals surface area contributed by atoms with Gasteiger partial charge in [0.05, 0.1) is 17.9 Å². The van der Waals surface area contributed by atoms with Gasteiger partial charge in [-0.1, -0.05) is 12.1 Å². The Bertz CT molecular complexity index is 1180. The Kier molecular flexibility index (Phi) is 4.78. The van der Waals surface area contributed by atoms with Gasteiger partial charge in [-0.15, -0.1) is 0 Å². The molecule has 0 amide bonds. The smallest absolute Gasteiger partial charge is 0.340 e. The number of carbonyl (C=O) groups is 1. The van der Waals surface area contributed by atoms with Crippen molar-refractivity contribution < 1.29 is 18.7 Å². The van der Waals surface area contributed by atoms with Crippen molar-refractivity contribution >= 4 is 22.6 Å². The maximum absolute atomic E-state index is 12.4. The van der Waals surface area contributed by atoms with Crippen LogP contribution in [0.1, 0.15) is 39.5 Å². The van der Waals surface area contributed by atoms with E-state index in [0.29, 0.717) is 29.9 Å². The second-order valence-electron chi connectivity index (χ2n) is 7.22. The standard InChI is InChI=1S/C23H23NO5/c1-5-27-23(26)17-8-6-7-9-19(17)24-11-16-10-18-13(2)14(3)22(25)29-21(18)15(4)20(16)28-12-24/h6-10H,5,11-12H2,1-4H3. The Morgan fingerprint density at radius 3 is 2.66 bits per heavy atom. The first-order valence-electron chi connectivity index (χ1n) is 9.62. The molecule has 3 aromatic rings. The summed E-state index contributed by atoms with van der Waals surface area (Å²) in [5.74, 6) is 0.380. The summed E-state index contributed by atoms with van der Waals surface area (Å²) in [7, 11) is 0. The molecule has 0 bridgehead atoms. The van der Waals surface area contributed by atoms with E-state index in [1.54, 1.807) is 19.9 Å². The topological polar surface area (TPSA) is 69.0 Å². The molecule has 1 aromatic heterocycles. The lowest BCUT2D eigenvalue weighted by molar-refractivity contribution is 0.0527. The molecule has 2 aromatic carbocycles. The molecule has 1 aliphatic heterocycles. The number of fused-ring (bicyclic) bond motifs is 2. The molecule has 6 heteroatoms. The zero-order valence-corrected chi connectivity index (χ0v) is 17.0. The zero-order valence-electron chi connectivity index (χ0n) is 17.0. The Hall–Kier alpha value is -3.28. The highest BCUT2D eigenvalue weighted by atomic mass is 16.5. The average Bonchev–Trinajstić information content (AvgIpc) is 2.73. The second-order valence-corrected chi connectivity index (χ2v) is 7.22. The lowest BCUT2D eigenvalue weighted by atomic mass is 9.99. The highest BCUT2D eigenvalue weighted by molar-refractivity contribution is 5.96. The van der Waals surface area contributed by atoms with Crippen LogP contribution in [0.25, 0.3) is 11.0 Å². The Morgan fingerprint density at radius 2 is 1.90 bits per heavy atom. The van der Waals surface area contributed by atoms with Gasteiger partial charge in [-0.05, 0) is 51.5 Å². The molecule has 1 aliphatic rings. The predicted octanol–water partition coefficient (Wildman–Crippen LogP) is 4.25. The van der Waals surface area contributed by atoms with Crippen molar-refractivity contribution in [2.45, 2.75) is 34.2 Å². The molecule has 6 nitrogen and oxygen atoms in total. The molecule has 0 unspecified atom stereocenters. The van der Waals surface area contributed by atoms with Gasteiger partial charge in [0.15, 0.2) is 6.73 Å². The van der Waals surface area contributed by atoms with E-state index in [9.17, 15) is 9.59 Å². The van der Waals surface area contributed by atoms with E-state index in [2.05, 4.69) is 0 Å². The van der Waals surface area contributed by atoms with Crippen molar-refractivity contribution in [2.75, 3.05) is 18.2 Å². The number of para-hydroxylation sites is 1. The first kappa shape index (κ1) is 19.1. The summed E-state index contributed by atoms with van der Waals surface area (Å²) in [5, 5.41) is 0.905. The van der Waals surface area contributed by atoms with Crippen molar-refractivity contribution in [1.29, 1.82) is 0 Å². The summed E-state index contributed by atoms with van der Waals surface area (Å²) >= 11 is 0. The Labute approximate surface area is 168 Å². The highest BCUT2D eigenvalue weighted by Crippen LogP contribution is 2.37. The molecule has 0 fully saturated rings. The quantitative estimate of drug-likeness (QED) is 0.489. The fourth-order valence-electron chi connectivity index (χ4n) is 3.78. The predicted molar refractivity (Wildman–Crippen MR) is 111 cm³/mol. The fraction of sp³-hybridized carbons (Fsp3) is 0.304. The number of hydrogen-bond donors (Lipinski definition) is 0. The minimum Gasteiger partial charge on any atom is -0.472 e. The first-order chi connectivity index (χ1) is 13.9. The summed E-state index contributed by atoms with van der Waals surface area (Å²) in [4.78, 5) is 26.5. The molecule has 0 saturated heterocycles. The Morgan fingerprint density at radius 1 is 1.14 bits per heavy atom. The van der Waals surface area contributed by atoms with Crippen LogP contribution in [0.5, 0.6) is 5.75 Å². The van der Waals surface area contributed by atoms with Crippen LogP contribution in [0.15, 0.2) is 39.5 Å². The minimum atomic E-state index is -0.350. The number of esters is 1. The van der Waals surface area contributed by atoms with Gasteiger partial charge >= 0.3 is 11.6 Å². The van der Waals surface area contributed by atoms with Crippen LogP contribution in [0.4, 0.5) is 5.69 Å². The molecule has 2 heterocycles. The summed E-state index contributed by atoms with van der Waals surface area (Å²) in [6.45, 7) is 8.57. The summed E-state index contributed by atoms with van der Waals surface area (Å²) in [6, 6.07) is 9.38. The number of anilines is 1. The third-order valence-corrected chi connectivity index (χ3v) is 5.47. The van der Waals surface area contributed by atoms with Crippen molar-refractivity contribution in [2.24, 2.45) is 0 Å². The van der Waals surface area contributed by atoms with Crippen LogP contribution in [0.3, 0.4) is 0 Å². The lowest BCUT2D eigenvalue weighted by Crippen LogP contribution is -2.33. The molecule has 150 valence electrons. The van der Waals surface area contributed by atoms with Crippen molar-refractivity contribution in [3.63, 3.8) is 0 Å². The van der Waals surface area contributed by atoms with Crippen molar-refractivity contribution in [3.05, 3.63) is 68.6 Å². The van der Waals surface area contributed by atoms with E-state index in [-0.39, 0.29) is 18.3 Å². The molecule has 0 radical (unpaired) electrons. The maximum Gasteiger partial charge on any atom is 0.340 e. The zero-order chi connectivity index (χ0) is 20.7. The summed E-state index contributed by atoms with van der Waals surface area (Å²) in [6.07, 6.45) is 0. The van der Waals surface area contributed by atoms with Crippen molar-refractivity contribution in [3.8, 4) is 5.75 Å². The molecule has 0 atom stereocenters. The normalized spacial score (nSPS) is 13.2. The van der Waals surface area contributed by atoms with Crippen LogP contribution < -0.4 is 15.3 Å². The van der Waals surface area contributed by atoms with Crippen LogP contribution in [-0.4, -0.2) is 19.3 Å². The number of carbonyl (C=O) groups excluding carboxylic acids is 1. The van der Waals surface area contributed by atoms with Gasteiger partial charge in [0.25, 0.3) is 0 Å². The number of benzene rings is 2. The van der Waals surface area contributed by atoms with E-state index in [1.165, 1.54) is 0 Å². The lowest BCUT2D eigenvalue weighted by Gasteiger charge is -2.33. The number of hydrogen-bond acceptors (Lipinski definition) is 6. The largest absolute Gasteiger partial charge is 0.472 e. The summed E-state index contributed by atoms with van der Waals surface area (Å²) in [5.41, 5.74) is 4.84. The monoisotopic (exact) mass is 393 g/mol. The molecule has 0 aliphatic carbocycles. The molecule has 29 heavy (non-hydrogen) atoms. The minimum absolute atomic E-state index is 0.283. The number of aryl methyl sites for hydroxylation is 2. The van der Waals surface area contributed by atoms with Gasteiger partial charge in [-0.3, -0.25) is 0 Å². The van der Waals surface area contributed by atoms with E-state index >= 15 is 0 Å². The third-order valence-electron chi connectivity index (χ3n) is 5.47. The van der Waals surface area contributed by atoms with Crippen LogP contribution in [0.2, 0.25) is 0 Å². The third kappa shape index (κ3) is 3.14. The van der Waals surface area contributed by atoms with Gasteiger partial charge in [-0.2, -0.15) is 0 Å². The first-order valence-corrected chi connectivity index (χ1v) is 9.62. The van der Waals surface area contributed by atoms with Crippen LogP contribution >= 0.6 is 0 Å². The molecular weight excluding hydrogens is 370 g/mol. The Balaban J connectivity index is 1.79. The second kappa shape index (κ2) is 7.28. The van der Waals surface area contributed by atoms with Gasteiger partial charge in [0.2, 0.25) is 0 Å². The van der Waals surface area contributed by atoms with E-state index in [0.717, 1.165) is 33.5 Å². The SMILES string of the molecule is CCOC(=O)c1ccccc1N1COc2c(cc3c(C)c(C)c(=O)oc3c2C)C1. The number of rotatable bonds is 3. The number of ether oxygens (including phenoxy) is 2. The van der Waals surface area contributed by atoms with E-state index in [4.69, 9.17) is 13.9 Å². The average molecular weight is 393 g/mol. The van der Waals surface area contributed by atoms with E-state index < -0.39 is 0 Å². The van der Waals surface area contributed by atoms with Gasteiger partial charge in [0.1, 0.15) is 11.3 Å². The molecule has 4 rings (SSSR count). The highest BCUT2D eigenvalue weighted by Gasteiger charge is 2.26. The molecule has 0 spiro atoms. The van der Waals surface area contributed by atoms with Gasteiger partial charge < -0.3 is 18.8 Å². The van der Waals surface area contributed by atoms with Gasteiger partial charge in [-0.25, -0.2) is 9.59 Å². The van der Waals surface area contributed by atoms with Crippen molar-refractivity contribution in [1.82, 2.24) is 0 Å². The maximum atomic E-state index is 12.4. The van der Waals surface area contributed by atoms with Gasteiger partial charge in [0, 0.05) is 28.6 Å². The molecule has 0 saturated carbocycles. The van der Waals surface area contributed by atoms with Crippen LogP contribution in [0, 0.1) is 20.8 Å².